The number of nitrogens with zero attached hydrogens (tertiary/aromatic N) is 1. The van der Waals surface area contributed by atoms with Gasteiger partial charge in [-0.2, -0.15) is 0 Å². The Morgan fingerprint density at radius 3 is 2.66 bits per heavy atom. The van der Waals surface area contributed by atoms with Gasteiger partial charge in [0.2, 0.25) is 0 Å². The van der Waals surface area contributed by atoms with Gasteiger partial charge in [-0.1, -0.05) is 41.9 Å². The van der Waals surface area contributed by atoms with Gasteiger partial charge in [0.25, 0.3) is 5.91 Å². The normalized spacial score (nSPS) is 10.7. The van der Waals surface area contributed by atoms with Crippen molar-refractivity contribution in [2.75, 3.05) is 12.4 Å². The van der Waals surface area contributed by atoms with Crippen LogP contribution in [0.5, 0.6) is 5.75 Å². The Morgan fingerprint density at radius 2 is 1.86 bits per heavy atom. The number of amides is 1. The molecule has 0 saturated carbocycles. The molecule has 0 bridgehead atoms. The average molecular weight is 407 g/mol. The zero-order valence-electron chi connectivity index (χ0n) is 15.4. The summed E-state index contributed by atoms with van der Waals surface area (Å²) in [6.07, 6.45) is 0. The van der Waals surface area contributed by atoms with Gasteiger partial charge in [-0.15, -0.1) is 0 Å². The molecule has 0 radical (unpaired) electrons. The van der Waals surface area contributed by atoms with Gasteiger partial charge in [0.15, 0.2) is 0 Å². The average Bonchev–Trinajstić information content (AvgIpc) is 2.75. The third kappa shape index (κ3) is 3.91. The van der Waals surface area contributed by atoms with E-state index in [1.807, 2.05) is 48.5 Å². The first-order valence-electron chi connectivity index (χ1n) is 8.86. The number of carbonyl (C=O) groups is 1. The number of halogens is 2. The zero-order chi connectivity index (χ0) is 20.4. The molecule has 4 rings (SSSR count). The van der Waals surface area contributed by atoms with Crippen molar-refractivity contribution in [3.63, 3.8) is 0 Å². The molecule has 0 saturated heterocycles. The maximum Gasteiger partial charge on any atom is 0.256 e. The number of hydrogen-bond acceptors (Lipinski definition) is 3. The van der Waals surface area contributed by atoms with Crippen molar-refractivity contribution in [3.8, 4) is 17.0 Å². The highest BCUT2D eigenvalue weighted by atomic mass is 35.5. The molecule has 0 aliphatic rings. The van der Waals surface area contributed by atoms with E-state index >= 15 is 0 Å². The predicted octanol–water partition coefficient (Wildman–Crippen LogP) is 5.96. The molecule has 0 aliphatic carbocycles. The van der Waals surface area contributed by atoms with Crippen LogP contribution in [0.3, 0.4) is 0 Å². The Kier molecular flexibility index (Phi) is 5.14. The number of pyridine rings is 1. The fourth-order valence-electron chi connectivity index (χ4n) is 3.07. The highest BCUT2D eigenvalue weighted by molar-refractivity contribution is 6.30. The summed E-state index contributed by atoms with van der Waals surface area (Å²) in [7, 11) is 1.59. The van der Waals surface area contributed by atoms with E-state index in [2.05, 4.69) is 10.3 Å². The number of ether oxygens (including phenoxy) is 1. The number of para-hydroxylation sites is 1. The third-order valence-electron chi connectivity index (χ3n) is 4.51. The summed E-state index contributed by atoms with van der Waals surface area (Å²) in [5.74, 6) is -0.349. The van der Waals surface area contributed by atoms with Gasteiger partial charge < -0.3 is 10.1 Å². The highest BCUT2D eigenvalue weighted by Crippen LogP contribution is 2.28. The van der Waals surface area contributed by atoms with Crippen LogP contribution in [0.2, 0.25) is 5.02 Å². The number of carbonyl (C=O) groups excluding carboxylic acids is 1. The van der Waals surface area contributed by atoms with Gasteiger partial charge in [-0.25, -0.2) is 9.37 Å². The lowest BCUT2D eigenvalue weighted by Crippen LogP contribution is -2.14. The van der Waals surface area contributed by atoms with Crippen LogP contribution >= 0.6 is 11.6 Å². The SMILES string of the molecule is COc1cccc(-c2cc(C(=O)Nc3ccc(Cl)cc3F)c3ccccc3n2)c1. The van der Waals surface area contributed by atoms with Gasteiger partial charge in [0.1, 0.15) is 11.6 Å². The van der Waals surface area contributed by atoms with Crippen molar-refractivity contribution in [3.05, 3.63) is 89.2 Å². The molecular formula is C23H16ClFN2O2. The number of anilines is 1. The number of hydrogen-bond donors (Lipinski definition) is 1. The quantitative estimate of drug-likeness (QED) is 0.455. The molecular weight excluding hydrogens is 391 g/mol. The predicted molar refractivity (Wildman–Crippen MR) is 113 cm³/mol. The number of fused-ring (bicyclic) bond motifs is 1. The van der Waals surface area contributed by atoms with Crippen molar-refractivity contribution in [2.24, 2.45) is 0 Å². The summed E-state index contributed by atoms with van der Waals surface area (Å²) in [6, 6.07) is 20.6. The van der Waals surface area contributed by atoms with Crippen molar-refractivity contribution in [2.45, 2.75) is 0 Å². The summed E-state index contributed by atoms with van der Waals surface area (Å²) in [5.41, 5.74) is 2.53. The molecule has 0 fully saturated rings. The Labute approximate surface area is 171 Å². The first-order chi connectivity index (χ1) is 14.0. The first-order valence-corrected chi connectivity index (χ1v) is 9.23. The van der Waals surface area contributed by atoms with Gasteiger partial charge in [0.05, 0.1) is 29.6 Å². The van der Waals surface area contributed by atoms with E-state index in [0.717, 1.165) is 11.6 Å². The fourth-order valence-corrected chi connectivity index (χ4v) is 3.23. The molecule has 0 spiro atoms. The zero-order valence-corrected chi connectivity index (χ0v) is 16.2. The standard InChI is InChI=1S/C23H16ClFN2O2/c1-29-16-6-4-5-14(11-16)22-13-18(17-7-2-3-8-20(17)26-22)23(28)27-21-10-9-15(24)12-19(21)25/h2-13H,1H3,(H,27,28). The second kappa shape index (κ2) is 7.89. The van der Waals surface area contributed by atoms with E-state index < -0.39 is 11.7 Å². The van der Waals surface area contributed by atoms with E-state index in [1.54, 1.807) is 13.2 Å². The Hall–Kier alpha value is -3.44. The summed E-state index contributed by atoms with van der Waals surface area (Å²) in [5, 5.41) is 3.55. The first kappa shape index (κ1) is 18.9. The van der Waals surface area contributed by atoms with Crippen molar-refractivity contribution in [1.82, 2.24) is 4.98 Å². The van der Waals surface area contributed by atoms with E-state index in [4.69, 9.17) is 16.3 Å². The molecule has 0 aliphatic heterocycles. The number of aromatic nitrogens is 1. The lowest BCUT2D eigenvalue weighted by molar-refractivity contribution is 0.102. The molecule has 0 atom stereocenters. The minimum absolute atomic E-state index is 0.0585. The summed E-state index contributed by atoms with van der Waals surface area (Å²) in [6.45, 7) is 0. The highest BCUT2D eigenvalue weighted by Gasteiger charge is 2.16. The van der Waals surface area contributed by atoms with Crippen LogP contribution in [0.25, 0.3) is 22.2 Å². The molecule has 1 aromatic heterocycles. The van der Waals surface area contributed by atoms with Crippen LogP contribution in [0, 0.1) is 5.82 Å². The van der Waals surface area contributed by atoms with Gasteiger partial charge >= 0.3 is 0 Å². The van der Waals surface area contributed by atoms with Crippen LogP contribution in [0.1, 0.15) is 10.4 Å². The lowest BCUT2D eigenvalue weighted by Gasteiger charge is -2.12. The summed E-state index contributed by atoms with van der Waals surface area (Å²) in [4.78, 5) is 17.7. The minimum atomic E-state index is -0.600. The van der Waals surface area contributed by atoms with Crippen molar-refractivity contribution < 1.29 is 13.9 Å². The molecule has 29 heavy (non-hydrogen) atoms. The summed E-state index contributed by atoms with van der Waals surface area (Å²) < 4.78 is 19.4. The minimum Gasteiger partial charge on any atom is -0.497 e. The molecule has 144 valence electrons. The van der Waals surface area contributed by atoms with Crippen LogP contribution in [-0.4, -0.2) is 18.0 Å². The molecule has 3 aromatic carbocycles. The second-order valence-corrected chi connectivity index (χ2v) is 6.82. The van der Waals surface area contributed by atoms with E-state index in [0.29, 0.717) is 27.9 Å². The lowest BCUT2D eigenvalue weighted by atomic mass is 10.0. The smallest absolute Gasteiger partial charge is 0.256 e. The maximum absolute atomic E-state index is 14.1. The van der Waals surface area contributed by atoms with E-state index in [1.165, 1.54) is 12.1 Å². The monoisotopic (exact) mass is 406 g/mol. The fraction of sp³-hybridized carbons (Fsp3) is 0.0435. The Balaban J connectivity index is 1.81. The molecule has 1 amide bonds. The van der Waals surface area contributed by atoms with Crippen molar-refractivity contribution >= 4 is 34.1 Å². The third-order valence-corrected chi connectivity index (χ3v) is 4.74. The van der Waals surface area contributed by atoms with E-state index in [-0.39, 0.29) is 10.7 Å². The number of benzene rings is 3. The molecule has 1 heterocycles. The molecule has 0 unspecified atom stereocenters. The number of rotatable bonds is 4. The van der Waals surface area contributed by atoms with Crippen LogP contribution in [0.4, 0.5) is 10.1 Å². The van der Waals surface area contributed by atoms with Gasteiger partial charge in [-0.05, 0) is 42.5 Å². The van der Waals surface area contributed by atoms with Gasteiger partial charge in [0, 0.05) is 16.0 Å². The number of nitrogens with one attached hydrogen (secondary N) is 1. The summed E-state index contributed by atoms with van der Waals surface area (Å²) >= 11 is 5.79. The van der Waals surface area contributed by atoms with Gasteiger partial charge in [-0.3, -0.25) is 4.79 Å². The maximum atomic E-state index is 14.1. The van der Waals surface area contributed by atoms with Crippen LogP contribution < -0.4 is 10.1 Å². The van der Waals surface area contributed by atoms with Crippen molar-refractivity contribution in [1.29, 1.82) is 0 Å². The Morgan fingerprint density at radius 1 is 1.03 bits per heavy atom. The van der Waals surface area contributed by atoms with Crippen LogP contribution in [0.15, 0.2) is 72.8 Å². The van der Waals surface area contributed by atoms with Crippen LogP contribution in [-0.2, 0) is 0 Å². The molecule has 4 nitrogen and oxygen atoms in total. The number of methoxy groups -OCH3 is 1. The topological polar surface area (TPSA) is 51.2 Å². The largest absolute Gasteiger partial charge is 0.497 e. The molecule has 6 heteroatoms. The molecule has 1 N–H and O–H groups in total. The second-order valence-electron chi connectivity index (χ2n) is 6.38. The molecule has 4 aromatic rings. The Bertz CT molecular complexity index is 1230. The van der Waals surface area contributed by atoms with E-state index in [9.17, 15) is 9.18 Å².